The van der Waals surface area contributed by atoms with Crippen molar-refractivity contribution < 1.29 is 15.0 Å². The summed E-state index contributed by atoms with van der Waals surface area (Å²) in [6.45, 7) is 3.90. The Balaban J connectivity index is 1.99. The summed E-state index contributed by atoms with van der Waals surface area (Å²) >= 11 is 0. The fraction of sp³-hybridized carbons (Fsp3) is 0.500. The van der Waals surface area contributed by atoms with Gasteiger partial charge in [0.15, 0.2) is 0 Å². The van der Waals surface area contributed by atoms with Crippen LogP contribution in [0.3, 0.4) is 0 Å². The van der Waals surface area contributed by atoms with Crippen LogP contribution in [0.25, 0.3) is 0 Å². The summed E-state index contributed by atoms with van der Waals surface area (Å²) in [6.07, 6.45) is 1.61. The first-order valence-corrected chi connectivity index (χ1v) is 6.35. The van der Waals surface area contributed by atoms with Gasteiger partial charge >= 0.3 is 5.97 Å². The fourth-order valence-corrected chi connectivity index (χ4v) is 2.35. The van der Waals surface area contributed by atoms with E-state index in [4.69, 9.17) is 0 Å². The lowest BCUT2D eigenvalue weighted by Crippen LogP contribution is -2.55. The zero-order chi connectivity index (χ0) is 13.1. The van der Waals surface area contributed by atoms with Crippen molar-refractivity contribution in [2.45, 2.75) is 25.8 Å². The average molecular weight is 249 g/mol. The molecule has 1 aliphatic rings. The molecule has 1 atom stereocenters. The number of rotatable bonds is 5. The Kier molecular flexibility index (Phi) is 3.87. The Morgan fingerprint density at radius 3 is 2.50 bits per heavy atom. The van der Waals surface area contributed by atoms with E-state index in [9.17, 15) is 15.0 Å². The van der Waals surface area contributed by atoms with E-state index < -0.39 is 12.0 Å². The Labute approximate surface area is 107 Å². The molecule has 18 heavy (non-hydrogen) atoms. The molecule has 0 bridgehead atoms. The summed E-state index contributed by atoms with van der Waals surface area (Å²) in [7, 11) is 0. The topological polar surface area (TPSA) is 60.8 Å². The molecule has 98 valence electrons. The molecule has 1 aromatic carbocycles. The predicted molar refractivity (Wildman–Crippen MR) is 68.6 cm³/mol. The molecule has 0 aromatic heterocycles. The third-order valence-electron chi connectivity index (χ3n) is 3.65. The Bertz CT molecular complexity index is 410. The molecule has 4 nitrogen and oxygen atoms in total. The monoisotopic (exact) mass is 249 g/mol. The summed E-state index contributed by atoms with van der Waals surface area (Å²) in [6, 6.07) is 6.31. The third kappa shape index (κ3) is 2.82. The first kappa shape index (κ1) is 12.9. The van der Waals surface area contributed by atoms with Crippen LogP contribution in [0, 0.1) is 5.92 Å². The molecular formula is C14H19NO3. The zero-order valence-corrected chi connectivity index (χ0v) is 10.5. The molecule has 0 amide bonds. The van der Waals surface area contributed by atoms with E-state index in [1.807, 2.05) is 4.90 Å². The van der Waals surface area contributed by atoms with Crippen LogP contribution in [0.5, 0.6) is 5.75 Å². The van der Waals surface area contributed by atoms with Gasteiger partial charge in [0.1, 0.15) is 11.8 Å². The largest absolute Gasteiger partial charge is 0.508 e. The standard InChI is InChI=1S/C14H19NO3/c1-2-10-8-15(9-10)13(14(17)18)7-11-3-5-12(16)6-4-11/h3-6,10,13,16H,2,7-9H2,1H3,(H,17,18). The van der Waals surface area contributed by atoms with E-state index >= 15 is 0 Å². The maximum atomic E-state index is 11.3. The highest BCUT2D eigenvalue weighted by Gasteiger charge is 2.34. The molecule has 0 spiro atoms. The molecule has 0 saturated carbocycles. The van der Waals surface area contributed by atoms with Crippen molar-refractivity contribution in [2.75, 3.05) is 13.1 Å². The van der Waals surface area contributed by atoms with Crippen molar-refractivity contribution in [1.29, 1.82) is 0 Å². The number of phenolic OH excluding ortho intramolecular Hbond substituents is 1. The average Bonchev–Trinajstić information content (AvgIpc) is 2.28. The van der Waals surface area contributed by atoms with Crippen LogP contribution in [-0.2, 0) is 11.2 Å². The van der Waals surface area contributed by atoms with Crippen LogP contribution in [0.1, 0.15) is 18.9 Å². The molecule has 1 aliphatic heterocycles. The van der Waals surface area contributed by atoms with Gasteiger partial charge in [-0.25, -0.2) is 0 Å². The lowest BCUT2D eigenvalue weighted by atomic mass is 9.93. The lowest BCUT2D eigenvalue weighted by Gasteiger charge is -2.42. The minimum Gasteiger partial charge on any atom is -0.508 e. The molecule has 0 radical (unpaired) electrons. The number of benzene rings is 1. The zero-order valence-electron chi connectivity index (χ0n) is 10.5. The lowest BCUT2D eigenvalue weighted by molar-refractivity contribution is -0.146. The van der Waals surface area contributed by atoms with Crippen LogP contribution in [-0.4, -0.2) is 40.2 Å². The van der Waals surface area contributed by atoms with E-state index in [1.54, 1.807) is 24.3 Å². The van der Waals surface area contributed by atoms with E-state index in [0.717, 1.165) is 25.1 Å². The second-order valence-electron chi connectivity index (χ2n) is 4.95. The van der Waals surface area contributed by atoms with Crippen molar-refractivity contribution in [3.05, 3.63) is 29.8 Å². The summed E-state index contributed by atoms with van der Waals surface area (Å²) in [5.41, 5.74) is 0.945. The minimum atomic E-state index is -0.766. The predicted octanol–water partition coefficient (Wildman–Crippen LogP) is 1.73. The number of hydrogen-bond acceptors (Lipinski definition) is 3. The summed E-state index contributed by atoms with van der Waals surface area (Å²) in [4.78, 5) is 13.3. The summed E-state index contributed by atoms with van der Waals surface area (Å²) < 4.78 is 0. The number of likely N-dealkylation sites (tertiary alicyclic amines) is 1. The highest BCUT2D eigenvalue weighted by Crippen LogP contribution is 2.23. The number of aliphatic carboxylic acids is 1. The summed E-state index contributed by atoms with van der Waals surface area (Å²) in [5.74, 6) is 0.0879. The first-order valence-electron chi connectivity index (χ1n) is 6.35. The molecule has 1 heterocycles. The Morgan fingerprint density at radius 1 is 1.39 bits per heavy atom. The molecule has 4 heteroatoms. The quantitative estimate of drug-likeness (QED) is 0.834. The molecule has 2 rings (SSSR count). The van der Waals surface area contributed by atoms with Gasteiger partial charge in [-0.05, 0) is 30.0 Å². The van der Waals surface area contributed by atoms with Crippen LogP contribution < -0.4 is 0 Å². The van der Waals surface area contributed by atoms with Crippen molar-refractivity contribution >= 4 is 5.97 Å². The third-order valence-corrected chi connectivity index (χ3v) is 3.65. The van der Waals surface area contributed by atoms with Crippen molar-refractivity contribution in [2.24, 2.45) is 5.92 Å². The van der Waals surface area contributed by atoms with Gasteiger partial charge in [-0.2, -0.15) is 0 Å². The molecule has 0 aliphatic carbocycles. The number of nitrogens with zero attached hydrogens (tertiary/aromatic N) is 1. The van der Waals surface area contributed by atoms with Gasteiger partial charge in [0, 0.05) is 13.1 Å². The summed E-state index contributed by atoms with van der Waals surface area (Å²) in [5, 5.41) is 18.5. The highest BCUT2D eigenvalue weighted by molar-refractivity contribution is 5.74. The van der Waals surface area contributed by atoms with Crippen LogP contribution in [0.4, 0.5) is 0 Å². The smallest absolute Gasteiger partial charge is 0.321 e. The first-order chi connectivity index (χ1) is 8.60. The maximum Gasteiger partial charge on any atom is 0.321 e. The van der Waals surface area contributed by atoms with Crippen LogP contribution in [0.15, 0.2) is 24.3 Å². The van der Waals surface area contributed by atoms with E-state index in [2.05, 4.69) is 6.92 Å². The second kappa shape index (κ2) is 5.40. The van der Waals surface area contributed by atoms with Gasteiger partial charge in [-0.15, -0.1) is 0 Å². The van der Waals surface area contributed by atoms with Crippen molar-refractivity contribution in [3.8, 4) is 5.75 Å². The number of phenols is 1. The van der Waals surface area contributed by atoms with Crippen LogP contribution in [0.2, 0.25) is 0 Å². The number of carboxylic acids is 1. The van der Waals surface area contributed by atoms with Gasteiger partial charge in [-0.1, -0.05) is 25.5 Å². The van der Waals surface area contributed by atoms with Gasteiger partial charge in [0.2, 0.25) is 0 Å². The fourth-order valence-electron chi connectivity index (χ4n) is 2.35. The molecule has 1 unspecified atom stereocenters. The Hall–Kier alpha value is -1.55. The number of aromatic hydroxyl groups is 1. The van der Waals surface area contributed by atoms with Gasteiger partial charge in [0.25, 0.3) is 0 Å². The molecule has 1 saturated heterocycles. The molecule has 1 aromatic rings. The van der Waals surface area contributed by atoms with Gasteiger partial charge in [-0.3, -0.25) is 9.69 Å². The normalized spacial score (nSPS) is 18.3. The molecule has 2 N–H and O–H groups in total. The SMILES string of the molecule is CCC1CN(C(Cc2ccc(O)cc2)C(=O)O)C1. The van der Waals surface area contributed by atoms with Crippen LogP contribution >= 0.6 is 0 Å². The second-order valence-corrected chi connectivity index (χ2v) is 4.95. The van der Waals surface area contributed by atoms with E-state index in [-0.39, 0.29) is 5.75 Å². The molecule has 1 fully saturated rings. The van der Waals surface area contributed by atoms with E-state index in [0.29, 0.717) is 12.3 Å². The number of carboxylic acid groups (broad SMARTS) is 1. The van der Waals surface area contributed by atoms with Crippen molar-refractivity contribution in [3.63, 3.8) is 0 Å². The van der Waals surface area contributed by atoms with Gasteiger partial charge in [0.05, 0.1) is 0 Å². The number of carbonyl (C=O) groups is 1. The number of hydrogen-bond donors (Lipinski definition) is 2. The van der Waals surface area contributed by atoms with E-state index in [1.165, 1.54) is 0 Å². The maximum absolute atomic E-state index is 11.3. The molecular weight excluding hydrogens is 230 g/mol. The Morgan fingerprint density at radius 2 is 2.00 bits per heavy atom. The van der Waals surface area contributed by atoms with Gasteiger partial charge < -0.3 is 10.2 Å². The minimum absolute atomic E-state index is 0.209. The highest BCUT2D eigenvalue weighted by atomic mass is 16.4. The van der Waals surface area contributed by atoms with Crippen molar-refractivity contribution in [1.82, 2.24) is 4.90 Å².